The van der Waals surface area contributed by atoms with Crippen LogP contribution in [0.15, 0.2) is 41.3 Å². The predicted octanol–water partition coefficient (Wildman–Crippen LogP) is 3.98. The first-order chi connectivity index (χ1) is 12.2. The molecule has 26 heavy (non-hydrogen) atoms. The predicted molar refractivity (Wildman–Crippen MR) is 89.3 cm³/mol. The second kappa shape index (κ2) is 6.83. The Hall–Kier alpha value is -2.82. The molecule has 0 bridgehead atoms. The number of rotatable bonds is 3. The number of nitrogens with two attached hydrogens (primary N) is 1. The van der Waals surface area contributed by atoms with E-state index in [2.05, 4.69) is 4.74 Å². The first kappa shape index (κ1) is 18.0. The highest BCUT2D eigenvalue weighted by molar-refractivity contribution is 8.00. The zero-order chi connectivity index (χ0) is 18.9. The van der Waals surface area contributed by atoms with Gasteiger partial charge in [0.15, 0.2) is 0 Å². The minimum atomic E-state index is -4.76. The molecule has 138 valence electrons. The molecule has 1 aliphatic heterocycles. The van der Waals surface area contributed by atoms with E-state index in [0.29, 0.717) is 22.9 Å². The third kappa shape index (κ3) is 4.04. The van der Waals surface area contributed by atoms with Gasteiger partial charge in [-0.2, -0.15) is 0 Å². The number of benzene rings is 2. The summed E-state index contributed by atoms with van der Waals surface area (Å²) < 4.78 is 47.9. The maximum absolute atomic E-state index is 12.2. The lowest BCUT2D eigenvalue weighted by Crippen LogP contribution is -2.19. The molecule has 1 heterocycles. The fraction of sp³-hybridized carbons (Fsp3) is 0.200. The lowest BCUT2D eigenvalue weighted by molar-refractivity contribution is -0.384. The first-order valence-electron chi connectivity index (χ1n) is 7.25. The fourth-order valence-electron chi connectivity index (χ4n) is 2.31. The van der Waals surface area contributed by atoms with Gasteiger partial charge in [-0.25, -0.2) is 0 Å². The monoisotopic (exact) mass is 387 g/mol. The van der Waals surface area contributed by atoms with Gasteiger partial charge in [0.05, 0.1) is 16.4 Å². The van der Waals surface area contributed by atoms with Crippen LogP contribution in [0.3, 0.4) is 0 Å². The minimum absolute atomic E-state index is 0.00328. The van der Waals surface area contributed by atoms with Crippen molar-refractivity contribution in [1.29, 1.82) is 0 Å². The molecule has 0 amide bonds. The maximum Gasteiger partial charge on any atom is 0.573 e. The molecule has 11 heteroatoms. The summed E-state index contributed by atoms with van der Waals surface area (Å²) in [5.74, 6) is 0.0822. The zero-order valence-corrected chi connectivity index (χ0v) is 13.8. The van der Waals surface area contributed by atoms with Gasteiger partial charge in [0.1, 0.15) is 23.8 Å². The van der Waals surface area contributed by atoms with Crippen molar-refractivity contribution in [2.75, 3.05) is 23.2 Å². The van der Waals surface area contributed by atoms with E-state index in [1.165, 1.54) is 48.3 Å². The molecule has 2 N–H and O–H groups in total. The van der Waals surface area contributed by atoms with E-state index in [0.717, 1.165) is 0 Å². The Labute approximate surface area is 149 Å². The molecule has 0 saturated carbocycles. The van der Waals surface area contributed by atoms with Gasteiger partial charge in [-0.05, 0) is 36.2 Å². The van der Waals surface area contributed by atoms with Crippen LogP contribution in [0, 0.1) is 10.1 Å². The highest BCUT2D eigenvalue weighted by atomic mass is 32.2. The van der Waals surface area contributed by atoms with Crippen LogP contribution in [0.25, 0.3) is 0 Å². The molecule has 0 aliphatic carbocycles. The topological polar surface area (TPSA) is 90.9 Å². The van der Waals surface area contributed by atoms with Crippen molar-refractivity contribution in [1.82, 2.24) is 0 Å². The number of nitrogen functional groups attached to an aromatic ring is 1. The third-order valence-corrected chi connectivity index (χ3v) is 4.54. The lowest BCUT2D eigenvalue weighted by atomic mass is 10.2. The molecule has 7 nitrogen and oxygen atoms in total. The molecule has 1 aliphatic rings. The van der Waals surface area contributed by atoms with Gasteiger partial charge < -0.3 is 19.5 Å². The Morgan fingerprint density at radius 2 is 1.96 bits per heavy atom. The third-order valence-electron chi connectivity index (χ3n) is 3.41. The van der Waals surface area contributed by atoms with Crippen molar-refractivity contribution in [3.8, 4) is 11.5 Å². The Morgan fingerprint density at radius 1 is 1.27 bits per heavy atom. The zero-order valence-electron chi connectivity index (χ0n) is 13.0. The molecule has 2 aromatic carbocycles. The number of nitrogens with zero attached hydrogens (tertiary/aromatic N) is 2. The standard InChI is InChI=1S/C15H12F3N3O4S/c16-15(17,18)25-10-3-1-9(2-4-10)20-5-6-24-13-7-11(19)12(21(22)23)8-14(13)26-20/h1-4,7-8H,5-6,19H2. The normalized spacial score (nSPS) is 14.2. The van der Waals surface area contributed by atoms with Crippen molar-refractivity contribution in [2.24, 2.45) is 0 Å². The molecule has 2 aromatic rings. The molecule has 0 atom stereocenters. The number of fused-ring (bicyclic) bond motifs is 1. The molecule has 0 radical (unpaired) electrons. The fourth-order valence-corrected chi connectivity index (χ4v) is 3.31. The number of alkyl halides is 3. The van der Waals surface area contributed by atoms with E-state index in [9.17, 15) is 23.3 Å². The van der Waals surface area contributed by atoms with E-state index in [4.69, 9.17) is 10.5 Å². The van der Waals surface area contributed by atoms with Crippen molar-refractivity contribution in [3.05, 3.63) is 46.5 Å². The van der Waals surface area contributed by atoms with Gasteiger partial charge in [-0.15, -0.1) is 13.2 Å². The largest absolute Gasteiger partial charge is 0.573 e. The molecule has 0 saturated heterocycles. The van der Waals surface area contributed by atoms with Crippen LogP contribution in [0.1, 0.15) is 0 Å². The highest BCUT2D eigenvalue weighted by Crippen LogP contribution is 2.41. The molecule has 0 spiro atoms. The van der Waals surface area contributed by atoms with Gasteiger partial charge in [0.25, 0.3) is 5.69 Å². The summed E-state index contributed by atoms with van der Waals surface area (Å²) in [5.41, 5.74) is 6.01. The summed E-state index contributed by atoms with van der Waals surface area (Å²) in [6.45, 7) is 0.685. The van der Waals surface area contributed by atoms with Crippen LogP contribution < -0.4 is 19.5 Å². The minimum Gasteiger partial charge on any atom is -0.490 e. The van der Waals surface area contributed by atoms with Crippen LogP contribution in [-0.2, 0) is 0 Å². The summed E-state index contributed by atoms with van der Waals surface area (Å²) in [6, 6.07) is 8.03. The van der Waals surface area contributed by atoms with Crippen LogP contribution in [0.5, 0.6) is 11.5 Å². The average Bonchev–Trinajstić information content (AvgIpc) is 2.75. The average molecular weight is 387 g/mol. The second-order valence-corrected chi connectivity index (χ2v) is 6.26. The van der Waals surface area contributed by atoms with E-state index in [1.807, 2.05) is 0 Å². The highest BCUT2D eigenvalue weighted by Gasteiger charge is 2.31. The summed E-state index contributed by atoms with van der Waals surface area (Å²) >= 11 is 1.18. The second-order valence-electron chi connectivity index (χ2n) is 5.20. The van der Waals surface area contributed by atoms with Gasteiger partial charge in [-0.3, -0.25) is 10.1 Å². The van der Waals surface area contributed by atoms with Crippen LogP contribution in [0.4, 0.5) is 30.2 Å². The summed E-state index contributed by atoms with van der Waals surface area (Å²) in [4.78, 5) is 10.9. The number of ether oxygens (including phenoxy) is 2. The molecule has 0 fully saturated rings. The Bertz CT molecular complexity index is 830. The van der Waals surface area contributed by atoms with Gasteiger partial charge in [0, 0.05) is 17.8 Å². The maximum atomic E-state index is 12.2. The van der Waals surface area contributed by atoms with E-state index in [-0.39, 0.29) is 23.7 Å². The van der Waals surface area contributed by atoms with Gasteiger partial charge in [-0.1, -0.05) is 0 Å². The summed E-state index contributed by atoms with van der Waals surface area (Å²) in [7, 11) is 0. The number of hydrogen-bond donors (Lipinski definition) is 1. The quantitative estimate of drug-likeness (QED) is 0.369. The Morgan fingerprint density at radius 3 is 2.58 bits per heavy atom. The Balaban J connectivity index is 1.84. The van der Waals surface area contributed by atoms with Crippen molar-refractivity contribution >= 4 is 29.0 Å². The summed E-state index contributed by atoms with van der Waals surface area (Å²) in [5, 5.41) is 11.1. The van der Waals surface area contributed by atoms with Gasteiger partial charge in [0.2, 0.25) is 0 Å². The van der Waals surface area contributed by atoms with Crippen molar-refractivity contribution < 1.29 is 27.6 Å². The van der Waals surface area contributed by atoms with Gasteiger partial charge >= 0.3 is 6.36 Å². The molecular formula is C15H12F3N3O4S. The van der Waals surface area contributed by atoms with E-state index in [1.54, 1.807) is 4.31 Å². The van der Waals surface area contributed by atoms with E-state index < -0.39 is 11.3 Å². The van der Waals surface area contributed by atoms with Crippen molar-refractivity contribution in [3.63, 3.8) is 0 Å². The SMILES string of the molecule is Nc1cc2c(cc1[N+](=O)[O-])SN(c1ccc(OC(F)(F)F)cc1)CCO2. The smallest absolute Gasteiger partial charge is 0.490 e. The van der Waals surface area contributed by atoms with Crippen molar-refractivity contribution in [2.45, 2.75) is 11.3 Å². The number of nitro groups is 1. The summed E-state index contributed by atoms with van der Waals surface area (Å²) in [6.07, 6.45) is -4.76. The number of halogens is 3. The molecule has 0 unspecified atom stereocenters. The van der Waals surface area contributed by atoms with Crippen LogP contribution in [-0.4, -0.2) is 24.4 Å². The molecule has 3 rings (SSSR count). The Kier molecular flexibility index (Phi) is 4.72. The number of hydrogen-bond acceptors (Lipinski definition) is 7. The molecular weight excluding hydrogens is 375 g/mol. The van der Waals surface area contributed by atoms with Crippen LogP contribution >= 0.6 is 11.9 Å². The molecule has 0 aromatic heterocycles. The van der Waals surface area contributed by atoms with Crippen LogP contribution in [0.2, 0.25) is 0 Å². The van der Waals surface area contributed by atoms with E-state index >= 15 is 0 Å². The first-order valence-corrected chi connectivity index (χ1v) is 8.02. The number of anilines is 2. The lowest BCUT2D eigenvalue weighted by Gasteiger charge is -2.20. The number of nitro benzene ring substituents is 1.